The smallest absolute Gasteiger partial charge is 0.270 e. The first kappa shape index (κ1) is 14.3. The van der Waals surface area contributed by atoms with E-state index in [1.807, 2.05) is 23.1 Å². The molecule has 0 saturated carbocycles. The van der Waals surface area contributed by atoms with Crippen molar-refractivity contribution >= 4 is 11.6 Å². The molecule has 1 heterocycles. The molecule has 1 aliphatic heterocycles. The van der Waals surface area contributed by atoms with E-state index in [1.54, 1.807) is 18.2 Å². The fourth-order valence-corrected chi connectivity index (χ4v) is 2.71. The largest absolute Gasteiger partial charge is 0.339 e. The van der Waals surface area contributed by atoms with Crippen molar-refractivity contribution < 1.29 is 9.72 Å². The van der Waals surface area contributed by atoms with Gasteiger partial charge in [-0.05, 0) is 36.1 Å². The zero-order chi connectivity index (χ0) is 15.5. The van der Waals surface area contributed by atoms with E-state index in [0.29, 0.717) is 5.56 Å². The summed E-state index contributed by atoms with van der Waals surface area (Å²) < 4.78 is 0. The van der Waals surface area contributed by atoms with Crippen LogP contribution >= 0.6 is 0 Å². The van der Waals surface area contributed by atoms with E-state index in [4.69, 9.17) is 0 Å². The second-order valence-corrected chi connectivity index (χ2v) is 5.38. The topological polar surface area (TPSA) is 63.4 Å². The lowest BCUT2D eigenvalue weighted by molar-refractivity contribution is -0.384. The van der Waals surface area contributed by atoms with Crippen molar-refractivity contribution in [1.29, 1.82) is 0 Å². The second-order valence-electron chi connectivity index (χ2n) is 5.38. The van der Waals surface area contributed by atoms with Gasteiger partial charge in [-0.1, -0.05) is 24.3 Å². The van der Waals surface area contributed by atoms with Crippen LogP contribution in [0.1, 0.15) is 23.2 Å². The predicted molar refractivity (Wildman–Crippen MR) is 83.7 cm³/mol. The van der Waals surface area contributed by atoms with Gasteiger partial charge in [0.25, 0.3) is 11.6 Å². The fourth-order valence-electron chi connectivity index (χ4n) is 2.71. The molecule has 5 nitrogen and oxygen atoms in total. The van der Waals surface area contributed by atoms with Crippen molar-refractivity contribution in [2.45, 2.75) is 12.8 Å². The highest BCUT2D eigenvalue weighted by atomic mass is 16.6. The lowest BCUT2D eigenvalue weighted by atomic mass is 10.0. The maximum atomic E-state index is 12.3. The van der Waals surface area contributed by atoms with Crippen LogP contribution in [0.25, 0.3) is 11.1 Å². The Balaban J connectivity index is 1.83. The van der Waals surface area contributed by atoms with E-state index in [1.165, 1.54) is 12.1 Å². The van der Waals surface area contributed by atoms with E-state index in [-0.39, 0.29) is 11.6 Å². The van der Waals surface area contributed by atoms with Crippen molar-refractivity contribution in [2.24, 2.45) is 0 Å². The molecule has 0 spiro atoms. The number of amides is 1. The monoisotopic (exact) mass is 296 g/mol. The Morgan fingerprint density at radius 1 is 1.00 bits per heavy atom. The number of carbonyl (C=O) groups excluding carboxylic acids is 1. The van der Waals surface area contributed by atoms with Gasteiger partial charge in [0.05, 0.1) is 4.92 Å². The molecule has 2 aromatic rings. The number of rotatable bonds is 3. The molecule has 0 unspecified atom stereocenters. The van der Waals surface area contributed by atoms with Gasteiger partial charge in [-0.15, -0.1) is 0 Å². The zero-order valence-corrected chi connectivity index (χ0v) is 12.1. The van der Waals surface area contributed by atoms with Crippen molar-refractivity contribution in [1.82, 2.24) is 4.90 Å². The number of carbonyl (C=O) groups is 1. The van der Waals surface area contributed by atoms with E-state index in [2.05, 4.69) is 0 Å². The van der Waals surface area contributed by atoms with Gasteiger partial charge >= 0.3 is 0 Å². The molecule has 0 N–H and O–H groups in total. The molecule has 0 aromatic heterocycles. The summed E-state index contributed by atoms with van der Waals surface area (Å²) in [5.41, 5.74) is 2.36. The maximum Gasteiger partial charge on any atom is 0.270 e. The third-order valence-corrected chi connectivity index (χ3v) is 3.92. The van der Waals surface area contributed by atoms with Crippen LogP contribution in [0.4, 0.5) is 5.69 Å². The Labute approximate surface area is 128 Å². The highest BCUT2D eigenvalue weighted by Gasteiger charge is 2.19. The Morgan fingerprint density at radius 3 is 2.32 bits per heavy atom. The number of non-ortho nitro benzene ring substituents is 1. The van der Waals surface area contributed by atoms with Crippen LogP contribution in [0.2, 0.25) is 0 Å². The van der Waals surface area contributed by atoms with Gasteiger partial charge in [0.2, 0.25) is 0 Å². The van der Waals surface area contributed by atoms with Crippen LogP contribution in [0.3, 0.4) is 0 Å². The minimum atomic E-state index is -0.408. The molecular formula is C17H16N2O3. The van der Waals surface area contributed by atoms with E-state index < -0.39 is 4.92 Å². The molecule has 2 aromatic carbocycles. The number of nitro benzene ring substituents is 1. The summed E-state index contributed by atoms with van der Waals surface area (Å²) >= 11 is 0. The molecule has 1 aliphatic rings. The van der Waals surface area contributed by atoms with Crippen molar-refractivity contribution in [3.63, 3.8) is 0 Å². The molecule has 3 rings (SSSR count). The van der Waals surface area contributed by atoms with Gasteiger partial charge in [0.15, 0.2) is 0 Å². The fraction of sp³-hybridized carbons (Fsp3) is 0.235. The van der Waals surface area contributed by atoms with Gasteiger partial charge < -0.3 is 4.90 Å². The van der Waals surface area contributed by atoms with E-state index in [0.717, 1.165) is 37.1 Å². The molecule has 5 heteroatoms. The summed E-state index contributed by atoms with van der Waals surface area (Å²) in [4.78, 5) is 24.6. The number of hydrogen-bond donors (Lipinski definition) is 0. The molecule has 0 aliphatic carbocycles. The van der Waals surface area contributed by atoms with Crippen LogP contribution in [0.15, 0.2) is 48.5 Å². The minimum absolute atomic E-state index is 0.0584. The minimum Gasteiger partial charge on any atom is -0.339 e. The summed E-state index contributed by atoms with van der Waals surface area (Å²) in [7, 11) is 0. The number of nitrogens with zero attached hydrogens (tertiary/aromatic N) is 2. The summed E-state index contributed by atoms with van der Waals surface area (Å²) in [6.45, 7) is 1.65. The molecule has 1 amide bonds. The first-order valence-electron chi connectivity index (χ1n) is 7.29. The van der Waals surface area contributed by atoms with Crippen molar-refractivity contribution in [3.8, 4) is 11.1 Å². The van der Waals surface area contributed by atoms with E-state index in [9.17, 15) is 14.9 Å². The quantitative estimate of drug-likeness (QED) is 0.643. The Kier molecular flexibility index (Phi) is 3.87. The number of hydrogen-bond acceptors (Lipinski definition) is 3. The second kappa shape index (κ2) is 5.97. The predicted octanol–water partition coefficient (Wildman–Crippen LogP) is 3.50. The Hall–Kier alpha value is -2.69. The zero-order valence-electron chi connectivity index (χ0n) is 12.1. The third-order valence-electron chi connectivity index (χ3n) is 3.92. The number of likely N-dealkylation sites (tertiary alicyclic amines) is 1. The molecule has 1 saturated heterocycles. The highest BCUT2D eigenvalue weighted by molar-refractivity contribution is 5.94. The van der Waals surface area contributed by atoms with Crippen molar-refractivity contribution in [3.05, 3.63) is 64.2 Å². The third kappa shape index (κ3) is 2.83. The maximum absolute atomic E-state index is 12.3. The van der Waals surface area contributed by atoms with Gasteiger partial charge in [-0.3, -0.25) is 14.9 Å². The molecule has 0 atom stereocenters. The van der Waals surface area contributed by atoms with Crippen LogP contribution in [0, 0.1) is 10.1 Å². The summed E-state index contributed by atoms with van der Waals surface area (Å²) in [5, 5.41) is 10.8. The van der Waals surface area contributed by atoms with Crippen LogP contribution in [0.5, 0.6) is 0 Å². The Morgan fingerprint density at radius 2 is 1.68 bits per heavy atom. The molecule has 0 radical (unpaired) electrons. The summed E-state index contributed by atoms with van der Waals surface area (Å²) in [6.07, 6.45) is 2.13. The van der Waals surface area contributed by atoms with Crippen LogP contribution in [-0.4, -0.2) is 28.8 Å². The van der Waals surface area contributed by atoms with Crippen LogP contribution < -0.4 is 0 Å². The first-order chi connectivity index (χ1) is 10.6. The SMILES string of the molecule is O=C(c1ccc(-c2cccc([N+](=O)[O-])c2)cc1)N1CCCC1. The van der Waals surface area contributed by atoms with Crippen LogP contribution in [-0.2, 0) is 0 Å². The first-order valence-corrected chi connectivity index (χ1v) is 7.29. The average Bonchev–Trinajstić information content (AvgIpc) is 3.09. The molecule has 0 bridgehead atoms. The lowest BCUT2D eigenvalue weighted by Crippen LogP contribution is -2.27. The van der Waals surface area contributed by atoms with Crippen molar-refractivity contribution in [2.75, 3.05) is 13.1 Å². The molecule has 112 valence electrons. The summed E-state index contributed by atoms with van der Waals surface area (Å²) in [5.74, 6) is 0.0584. The van der Waals surface area contributed by atoms with Gasteiger partial charge in [0, 0.05) is 30.8 Å². The molecular weight excluding hydrogens is 280 g/mol. The number of benzene rings is 2. The highest BCUT2D eigenvalue weighted by Crippen LogP contribution is 2.24. The number of nitro groups is 1. The van der Waals surface area contributed by atoms with Gasteiger partial charge in [0.1, 0.15) is 0 Å². The average molecular weight is 296 g/mol. The molecule has 1 fully saturated rings. The standard InChI is InChI=1S/C17H16N2O3/c20-17(18-10-1-2-11-18)14-8-6-13(7-9-14)15-4-3-5-16(12-15)19(21)22/h3-9,12H,1-2,10-11H2. The molecule has 22 heavy (non-hydrogen) atoms. The van der Waals surface area contributed by atoms with E-state index >= 15 is 0 Å². The van der Waals surface area contributed by atoms with Gasteiger partial charge in [-0.25, -0.2) is 0 Å². The Bertz CT molecular complexity index is 704. The lowest BCUT2D eigenvalue weighted by Gasteiger charge is -2.15. The van der Waals surface area contributed by atoms with Gasteiger partial charge in [-0.2, -0.15) is 0 Å². The summed E-state index contributed by atoms with van der Waals surface area (Å²) in [6, 6.07) is 13.7. The normalized spacial score (nSPS) is 14.1.